The largest absolute Gasteiger partial charge is 0.396 e. The van der Waals surface area contributed by atoms with E-state index in [0.717, 1.165) is 0 Å². The first-order chi connectivity index (χ1) is 8.33. The highest BCUT2D eigenvalue weighted by atomic mass is 16.3. The summed E-state index contributed by atoms with van der Waals surface area (Å²) in [5.74, 6) is 0.279. The van der Waals surface area contributed by atoms with E-state index < -0.39 is 0 Å². The molecule has 0 spiro atoms. The van der Waals surface area contributed by atoms with Gasteiger partial charge >= 0.3 is 0 Å². The summed E-state index contributed by atoms with van der Waals surface area (Å²) in [4.78, 5) is 2.67. The third-order valence-corrected chi connectivity index (χ3v) is 4.97. The maximum atomic E-state index is 9.67. The lowest BCUT2D eigenvalue weighted by Gasteiger charge is -2.52. The predicted octanol–water partition coefficient (Wildman–Crippen LogP) is 1.74. The molecule has 1 aliphatic heterocycles. The number of hydrogen-bond donors (Lipinski definition) is 2. The van der Waals surface area contributed by atoms with Crippen LogP contribution in [0.2, 0.25) is 0 Å². The fraction of sp³-hybridized carbons (Fsp3) is 1.00. The second kappa shape index (κ2) is 6.17. The van der Waals surface area contributed by atoms with Crippen molar-refractivity contribution in [3.05, 3.63) is 0 Å². The predicted molar refractivity (Wildman–Crippen MR) is 70.9 cm³/mol. The summed E-state index contributed by atoms with van der Waals surface area (Å²) in [7, 11) is 0. The van der Waals surface area contributed by atoms with E-state index >= 15 is 0 Å². The highest BCUT2D eigenvalue weighted by molar-refractivity contribution is 4.99. The van der Waals surface area contributed by atoms with Crippen molar-refractivity contribution in [2.75, 3.05) is 26.2 Å². The van der Waals surface area contributed by atoms with Crippen LogP contribution in [-0.2, 0) is 0 Å². The molecular weight excluding hydrogens is 212 g/mol. The molecule has 0 radical (unpaired) electrons. The Morgan fingerprint density at radius 1 is 1.00 bits per heavy atom. The average molecular weight is 240 g/mol. The third-order valence-electron chi connectivity index (χ3n) is 4.97. The van der Waals surface area contributed by atoms with Crippen molar-refractivity contribution in [2.24, 2.45) is 11.7 Å². The summed E-state index contributed by atoms with van der Waals surface area (Å²) in [5.41, 5.74) is 6.14. The molecule has 1 aliphatic carbocycles. The molecule has 0 unspecified atom stereocenters. The van der Waals surface area contributed by atoms with Crippen molar-refractivity contribution < 1.29 is 5.11 Å². The lowest BCUT2D eigenvalue weighted by atomic mass is 9.71. The molecule has 2 rings (SSSR count). The van der Waals surface area contributed by atoms with E-state index in [1.807, 2.05) is 0 Å². The van der Waals surface area contributed by atoms with Gasteiger partial charge in [-0.25, -0.2) is 0 Å². The third kappa shape index (κ3) is 2.67. The lowest BCUT2D eigenvalue weighted by Crippen LogP contribution is -2.59. The molecule has 3 N–H and O–H groups in total. The van der Waals surface area contributed by atoms with E-state index in [9.17, 15) is 5.11 Å². The molecular formula is C14H28N2O. The average Bonchev–Trinajstić information content (AvgIpc) is 2.42. The summed E-state index contributed by atoms with van der Waals surface area (Å²) >= 11 is 0. The van der Waals surface area contributed by atoms with E-state index in [4.69, 9.17) is 5.73 Å². The second-order valence-corrected chi connectivity index (χ2v) is 5.83. The summed E-state index contributed by atoms with van der Waals surface area (Å²) in [5, 5.41) is 9.67. The number of hydrogen-bond acceptors (Lipinski definition) is 3. The standard InChI is InChI=1S/C14H28N2O/c15-11-13(12-17)14(7-3-1-4-8-14)16-9-5-2-6-10-16/h13,17H,1-12,15H2/t13-/m1/s1. The van der Waals surface area contributed by atoms with Crippen LogP contribution in [0.1, 0.15) is 51.4 Å². The molecule has 0 amide bonds. The first-order valence-electron chi connectivity index (χ1n) is 7.39. The molecule has 3 heteroatoms. The van der Waals surface area contributed by atoms with E-state index in [2.05, 4.69) is 4.90 Å². The van der Waals surface area contributed by atoms with Crippen LogP contribution in [0.5, 0.6) is 0 Å². The van der Waals surface area contributed by atoms with Gasteiger partial charge < -0.3 is 10.8 Å². The monoisotopic (exact) mass is 240 g/mol. The smallest absolute Gasteiger partial charge is 0.0489 e. The maximum Gasteiger partial charge on any atom is 0.0489 e. The van der Waals surface area contributed by atoms with Gasteiger partial charge in [0, 0.05) is 18.1 Å². The Morgan fingerprint density at radius 2 is 1.59 bits per heavy atom. The van der Waals surface area contributed by atoms with Gasteiger partial charge in [0.05, 0.1) is 0 Å². The van der Waals surface area contributed by atoms with Gasteiger partial charge in [-0.1, -0.05) is 25.7 Å². The van der Waals surface area contributed by atoms with Crippen LogP contribution in [0.15, 0.2) is 0 Å². The molecule has 0 aromatic heterocycles. The van der Waals surface area contributed by atoms with E-state index in [0.29, 0.717) is 6.54 Å². The highest BCUT2D eigenvalue weighted by Gasteiger charge is 2.43. The quantitative estimate of drug-likeness (QED) is 0.787. The molecule has 1 atom stereocenters. The first kappa shape index (κ1) is 13.3. The Labute approximate surface area is 105 Å². The summed E-state index contributed by atoms with van der Waals surface area (Å²) in [6.07, 6.45) is 10.5. The van der Waals surface area contributed by atoms with Crippen molar-refractivity contribution in [2.45, 2.75) is 56.9 Å². The van der Waals surface area contributed by atoms with Gasteiger partial charge in [-0.05, 0) is 45.3 Å². The van der Waals surface area contributed by atoms with E-state index in [1.165, 1.54) is 64.5 Å². The van der Waals surface area contributed by atoms with Crippen LogP contribution < -0.4 is 5.73 Å². The van der Waals surface area contributed by atoms with Crippen molar-refractivity contribution >= 4 is 0 Å². The van der Waals surface area contributed by atoms with Gasteiger partial charge in [-0.2, -0.15) is 0 Å². The van der Waals surface area contributed by atoms with Crippen LogP contribution in [0, 0.1) is 5.92 Å². The van der Waals surface area contributed by atoms with Crippen molar-refractivity contribution in [1.29, 1.82) is 0 Å². The number of nitrogens with zero attached hydrogens (tertiary/aromatic N) is 1. The Morgan fingerprint density at radius 3 is 2.12 bits per heavy atom. The van der Waals surface area contributed by atoms with Gasteiger partial charge in [0.2, 0.25) is 0 Å². The van der Waals surface area contributed by atoms with Gasteiger partial charge in [-0.15, -0.1) is 0 Å². The summed E-state index contributed by atoms with van der Waals surface area (Å²) in [6, 6.07) is 0. The van der Waals surface area contributed by atoms with Crippen molar-refractivity contribution in [3.63, 3.8) is 0 Å². The summed E-state index contributed by atoms with van der Waals surface area (Å²) in [6.45, 7) is 3.33. The Hall–Kier alpha value is -0.120. The molecule has 2 aliphatic rings. The molecule has 1 heterocycles. The zero-order valence-corrected chi connectivity index (χ0v) is 11.0. The van der Waals surface area contributed by atoms with Crippen LogP contribution >= 0.6 is 0 Å². The molecule has 1 saturated carbocycles. The lowest BCUT2D eigenvalue weighted by molar-refractivity contribution is -0.0293. The van der Waals surface area contributed by atoms with Crippen LogP contribution in [0.3, 0.4) is 0 Å². The number of aliphatic hydroxyl groups excluding tert-OH is 1. The van der Waals surface area contributed by atoms with E-state index in [1.54, 1.807) is 0 Å². The Kier molecular flexibility index (Phi) is 4.83. The molecule has 0 bridgehead atoms. The minimum absolute atomic E-state index is 0.224. The second-order valence-electron chi connectivity index (χ2n) is 5.83. The van der Waals surface area contributed by atoms with Crippen molar-refractivity contribution in [1.82, 2.24) is 4.90 Å². The number of nitrogens with two attached hydrogens (primary N) is 1. The fourth-order valence-corrected chi connectivity index (χ4v) is 3.95. The van der Waals surface area contributed by atoms with Crippen molar-refractivity contribution in [3.8, 4) is 0 Å². The SMILES string of the molecule is NC[C@H](CO)C1(N2CCCCC2)CCCCC1. The van der Waals surface area contributed by atoms with Gasteiger partial charge in [0.1, 0.15) is 0 Å². The molecule has 2 fully saturated rings. The molecule has 17 heavy (non-hydrogen) atoms. The van der Waals surface area contributed by atoms with Crippen LogP contribution in [-0.4, -0.2) is 41.8 Å². The van der Waals surface area contributed by atoms with E-state index in [-0.39, 0.29) is 18.1 Å². The molecule has 0 aromatic rings. The van der Waals surface area contributed by atoms with Crippen LogP contribution in [0.25, 0.3) is 0 Å². The van der Waals surface area contributed by atoms with Gasteiger partial charge in [0.25, 0.3) is 0 Å². The highest BCUT2D eigenvalue weighted by Crippen LogP contribution is 2.40. The molecule has 100 valence electrons. The Bertz CT molecular complexity index is 216. The zero-order chi connectivity index (χ0) is 12.1. The number of likely N-dealkylation sites (tertiary alicyclic amines) is 1. The normalized spacial score (nSPS) is 27.9. The topological polar surface area (TPSA) is 49.5 Å². The number of piperidine rings is 1. The Balaban J connectivity index is 2.14. The first-order valence-corrected chi connectivity index (χ1v) is 7.39. The minimum atomic E-state index is 0.224. The fourth-order valence-electron chi connectivity index (χ4n) is 3.95. The summed E-state index contributed by atoms with van der Waals surface area (Å²) < 4.78 is 0. The van der Waals surface area contributed by atoms with Gasteiger partial charge in [-0.3, -0.25) is 4.90 Å². The maximum absolute atomic E-state index is 9.67. The minimum Gasteiger partial charge on any atom is -0.396 e. The molecule has 1 saturated heterocycles. The number of aliphatic hydroxyl groups is 1. The number of rotatable bonds is 4. The van der Waals surface area contributed by atoms with Gasteiger partial charge in [0.15, 0.2) is 0 Å². The molecule has 3 nitrogen and oxygen atoms in total. The zero-order valence-electron chi connectivity index (χ0n) is 11.0. The molecule has 0 aromatic carbocycles. The van der Waals surface area contributed by atoms with Crippen LogP contribution in [0.4, 0.5) is 0 Å².